The molecule has 0 unspecified atom stereocenters. The van der Waals surface area contributed by atoms with Gasteiger partial charge in [0.05, 0.1) is 0 Å². The van der Waals surface area contributed by atoms with Crippen LogP contribution >= 0.6 is 0 Å². The molecule has 18 heavy (non-hydrogen) atoms. The second-order valence-corrected chi connectivity index (χ2v) is 5.28. The lowest BCUT2D eigenvalue weighted by Crippen LogP contribution is -2.16. The van der Waals surface area contributed by atoms with Gasteiger partial charge < -0.3 is 9.84 Å². The summed E-state index contributed by atoms with van der Waals surface area (Å²) in [5.74, 6) is -0.176. The topological polar surface area (TPSA) is 46.5 Å². The molecule has 0 saturated heterocycles. The van der Waals surface area contributed by atoms with E-state index in [4.69, 9.17) is 9.84 Å². The average Bonchev–Trinajstić information content (AvgIpc) is 2.35. The number of aliphatic hydroxyl groups excluding tert-OH is 1. The lowest BCUT2D eigenvalue weighted by molar-refractivity contribution is -0.145. The zero-order valence-electron chi connectivity index (χ0n) is 11.2. The Labute approximate surface area is 109 Å². The maximum Gasteiger partial charge on any atom is 0.306 e. The molecule has 0 atom stereocenters. The summed E-state index contributed by atoms with van der Waals surface area (Å²) in [5.41, 5.74) is 0.987. The summed E-state index contributed by atoms with van der Waals surface area (Å²) in [7, 11) is 0. The maximum atomic E-state index is 11.6. The van der Waals surface area contributed by atoms with E-state index in [1.807, 2.05) is 44.2 Å². The molecule has 0 amide bonds. The SMILES string of the molecule is CC(C)(CCO)CCC(=O)OCc1ccccc1. The van der Waals surface area contributed by atoms with Crippen LogP contribution in [0.25, 0.3) is 0 Å². The number of esters is 1. The predicted molar refractivity (Wildman–Crippen MR) is 71.0 cm³/mol. The normalized spacial score (nSPS) is 11.3. The van der Waals surface area contributed by atoms with Crippen molar-refractivity contribution in [3.63, 3.8) is 0 Å². The molecule has 3 nitrogen and oxygen atoms in total. The van der Waals surface area contributed by atoms with E-state index in [0.29, 0.717) is 19.4 Å². The minimum absolute atomic E-state index is 0.0134. The average molecular weight is 250 g/mol. The van der Waals surface area contributed by atoms with E-state index >= 15 is 0 Å². The lowest BCUT2D eigenvalue weighted by atomic mass is 9.85. The van der Waals surface area contributed by atoms with Gasteiger partial charge in [0.1, 0.15) is 6.61 Å². The largest absolute Gasteiger partial charge is 0.461 e. The third kappa shape index (κ3) is 5.82. The molecule has 0 fully saturated rings. The van der Waals surface area contributed by atoms with Crippen LogP contribution in [0.3, 0.4) is 0 Å². The highest BCUT2D eigenvalue weighted by atomic mass is 16.5. The Morgan fingerprint density at radius 1 is 1.22 bits per heavy atom. The number of carbonyl (C=O) groups excluding carboxylic acids is 1. The zero-order chi connectivity index (χ0) is 13.4. The maximum absolute atomic E-state index is 11.6. The molecule has 1 aromatic carbocycles. The third-order valence-electron chi connectivity index (χ3n) is 3.04. The van der Waals surface area contributed by atoms with Crippen LogP contribution in [-0.4, -0.2) is 17.7 Å². The summed E-state index contributed by atoms with van der Waals surface area (Å²) in [6.07, 6.45) is 1.85. The van der Waals surface area contributed by atoms with Gasteiger partial charge in [-0.15, -0.1) is 0 Å². The summed E-state index contributed by atoms with van der Waals surface area (Å²) in [6, 6.07) is 9.65. The van der Waals surface area contributed by atoms with Crippen LogP contribution in [0.5, 0.6) is 0 Å². The van der Waals surface area contributed by atoms with Gasteiger partial charge in [-0.05, 0) is 23.8 Å². The molecule has 0 spiro atoms. The van der Waals surface area contributed by atoms with Gasteiger partial charge in [0.25, 0.3) is 0 Å². The Kier molecular flexibility index (Phi) is 5.86. The van der Waals surface area contributed by atoms with Crippen LogP contribution in [0, 0.1) is 5.41 Å². The van der Waals surface area contributed by atoms with E-state index in [2.05, 4.69) is 0 Å². The number of aliphatic hydroxyl groups is 1. The molecule has 0 aliphatic heterocycles. The van der Waals surface area contributed by atoms with Crippen molar-refractivity contribution in [3.8, 4) is 0 Å². The van der Waals surface area contributed by atoms with Crippen LogP contribution in [0.2, 0.25) is 0 Å². The Morgan fingerprint density at radius 2 is 1.89 bits per heavy atom. The molecule has 0 bridgehead atoms. The minimum atomic E-state index is -0.176. The van der Waals surface area contributed by atoms with E-state index < -0.39 is 0 Å². The first-order chi connectivity index (χ1) is 8.53. The fourth-order valence-corrected chi connectivity index (χ4v) is 1.68. The van der Waals surface area contributed by atoms with E-state index in [1.165, 1.54) is 0 Å². The molecule has 0 heterocycles. The first-order valence-corrected chi connectivity index (χ1v) is 6.34. The zero-order valence-corrected chi connectivity index (χ0v) is 11.2. The van der Waals surface area contributed by atoms with Crippen LogP contribution < -0.4 is 0 Å². The van der Waals surface area contributed by atoms with Gasteiger partial charge in [-0.1, -0.05) is 44.2 Å². The van der Waals surface area contributed by atoms with Crippen molar-refractivity contribution in [3.05, 3.63) is 35.9 Å². The number of benzene rings is 1. The Bertz CT molecular complexity index is 357. The minimum Gasteiger partial charge on any atom is -0.461 e. The number of hydrogen-bond acceptors (Lipinski definition) is 3. The van der Waals surface area contributed by atoms with Gasteiger partial charge in [-0.25, -0.2) is 0 Å². The van der Waals surface area contributed by atoms with Crippen molar-refractivity contribution in [1.82, 2.24) is 0 Å². The fourth-order valence-electron chi connectivity index (χ4n) is 1.68. The van der Waals surface area contributed by atoms with E-state index in [9.17, 15) is 4.79 Å². The van der Waals surface area contributed by atoms with Gasteiger partial charge >= 0.3 is 5.97 Å². The standard InChI is InChI=1S/C15H22O3/c1-15(2,10-11-16)9-8-14(17)18-12-13-6-4-3-5-7-13/h3-7,16H,8-12H2,1-2H3. The molecule has 1 rings (SSSR count). The molecule has 1 N–H and O–H groups in total. The van der Waals surface area contributed by atoms with Crippen molar-refractivity contribution in [2.75, 3.05) is 6.61 Å². The number of hydrogen-bond donors (Lipinski definition) is 1. The van der Waals surface area contributed by atoms with Gasteiger partial charge in [0.2, 0.25) is 0 Å². The highest BCUT2D eigenvalue weighted by molar-refractivity contribution is 5.69. The van der Waals surface area contributed by atoms with Crippen LogP contribution in [-0.2, 0) is 16.1 Å². The molecule has 0 aliphatic carbocycles. The van der Waals surface area contributed by atoms with Gasteiger partial charge in [-0.2, -0.15) is 0 Å². The summed E-state index contributed by atoms with van der Waals surface area (Å²) < 4.78 is 5.20. The highest BCUT2D eigenvalue weighted by Crippen LogP contribution is 2.26. The molecule has 100 valence electrons. The van der Waals surface area contributed by atoms with Gasteiger partial charge in [-0.3, -0.25) is 4.79 Å². The molecular weight excluding hydrogens is 228 g/mol. The first kappa shape index (κ1) is 14.7. The van der Waals surface area contributed by atoms with Crippen LogP contribution in [0.4, 0.5) is 0 Å². The Balaban J connectivity index is 2.26. The molecule has 3 heteroatoms. The van der Waals surface area contributed by atoms with Crippen molar-refractivity contribution in [1.29, 1.82) is 0 Å². The van der Waals surface area contributed by atoms with Crippen molar-refractivity contribution < 1.29 is 14.6 Å². The third-order valence-corrected chi connectivity index (χ3v) is 3.04. The monoisotopic (exact) mass is 250 g/mol. The molecule has 0 aliphatic rings. The summed E-state index contributed by atoms with van der Waals surface area (Å²) in [5, 5.41) is 8.90. The molecule has 0 radical (unpaired) electrons. The number of ether oxygens (including phenoxy) is 1. The van der Waals surface area contributed by atoms with Crippen molar-refractivity contribution in [2.45, 2.75) is 39.7 Å². The summed E-state index contributed by atoms with van der Waals surface area (Å²) in [4.78, 5) is 11.6. The lowest BCUT2D eigenvalue weighted by Gasteiger charge is -2.22. The van der Waals surface area contributed by atoms with E-state index in [-0.39, 0.29) is 18.0 Å². The predicted octanol–water partition coefficient (Wildman–Crippen LogP) is 2.92. The second-order valence-electron chi connectivity index (χ2n) is 5.28. The van der Waals surface area contributed by atoms with Crippen molar-refractivity contribution in [2.24, 2.45) is 5.41 Å². The quantitative estimate of drug-likeness (QED) is 0.757. The highest BCUT2D eigenvalue weighted by Gasteiger charge is 2.19. The smallest absolute Gasteiger partial charge is 0.306 e. The Hall–Kier alpha value is -1.35. The molecule has 1 aromatic rings. The first-order valence-electron chi connectivity index (χ1n) is 6.34. The van der Waals surface area contributed by atoms with E-state index in [1.54, 1.807) is 0 Å². The molecule has 0 aromatic heterocycles. The molecular formula is C15H22O3. The summed E-state index contributed by atoms with van der Waals surface area (Å²) in [6.45, 7) is 4.59. The van der Waals surface area contributed by atoms with Crippen LogP contribution in [0.1, 0.15) is 38.7 Å². The molecule has 0 saturated carbocycles. The fraction of sp³-hybridized carbons (Fsp3) is 0.533. The number of carbonyl (C=O) groups is 1. The van der Waals surface area contributed by atoms with Gasteiger partial charge in [0.15, 0.2) is 0 Å². The van der Waals surface area contributed by atoms with E-state index in [0.717, 1.165) is 12.0 Å². The summed E-state index contributed by atoms with van der Waals surface area (Å²) >= 11 is 0. The Morgan fingerprint density at radius 3 is 2.50 bits per heavy atom. The number of rotatable bonds is 7. The van der Waals surface area contributed by atoms with Crippen molar-refractivity contribution >= 4 is 5.97 Å². The van der Waals surface area contributed by atoms with Gasteiger partial charge in [0, 0.05) is 13.0 Å². The van der Waals surface area contributed by atoms with Crippen LogP contribution in [0.15, 0.2) is 30.3 Å². The second kappa shape index (κ2) is 7.17.